The molecule has 0 aromatic heterocycles. The molecule has 0 aliphatic rings. The Morgan fingerprint density at radius 2 is 2.00 bits per heavy atom. The van der Waals surface area contributed by atoms with Crippen molar-refractivity contribution in [2.45, 2.75) is 52.2 Å². The van der Waals surface area contributed by atoms with Gasteiger partial charge >= 0.3 is 0 Å². The van der Waals surface area contributed by atoms with Gasteiger partial charge in [-0.25, -0.2) is 0 Å². The number of halogens is 1. The fraction of sp³-hybridized carbons (Fsp3) is 0.533. The highest BCUT2D eigenvalue weighted by Gasteiger charge is 2.17. The zero-order chi connectivity index (χ0) is 14.4. The standard InChI is InChI=1S/C15H23ClN2O/c1-5-10(2)17-15(19)12(4)18-11(3)13-7-6-8-14(16)9-13/h6-12,18H,5H2,1-4H3,(H,17,19)/t10?,11-,12?/m0/s1. The van der Waals surface area contributed by atoms with E-state index in [4.69, 9.17) is 11.6 Å². The Balaban J connectivity index is 2.56. The van der Waals surface area contributed by atoms with E-state index in [2.05, 4.69) is 17.6 Å². The summed E-state index contributed by atoms with van der Waals surface area (Å²) in [6, 6.07) is 7.73. The minimum atomic E-state index is -0.233. The molecule has 106 valence electrons. The molecule has 2 unspecified atom stereocenters. The van der Waals surface area contributed by atoms with E-state index in [1.807, 2.05) is 45.0 Å². The minimum absolute atomic E-state index is 0.0308. The Morgan fingerprint density at radius 1 is 1.32 bits per heavy atom. The third-order valence-corrected chi connectivity index (χ3v) is 3.48. The van der Waals surface area contributed by atoms with Crippen LogP contribution in [-0.4, -0.2) is 18.0 Å². The summed E-state index contributed by atoms with van der Waals surface area (Å²) >= 11 is 5.97. The Morgan fingerprint density at radius 3 is 2.58 bits per heavy atom. The van der Waals surface area contributed by atoms with E-state index < -0.39 is 0 Å². The topological polar surface area (TPSA) is 41.1 Å². The average molecular weight is 283 g/mol. The molecule has 2 N–H and O–H groups in total. The first-order valence-corrected chi connectivity index (χ1v) is 7.13. The summed E-state index contributed by atoms with van der Waals surface area (Å²) in [5, 5.41) is 6.96. The van der Waals surface area contributed by atoms with Crippen molar-refractivity contribution in [1.82, 2.24) is 10.6 Å². The molecule has 0 aliphatic heterocycles. The van der Waals surface area contributed by atoms with Crippen LogP contribution in [0, 0.1) is 0 Å². The van der Waals surface area contributed by atoms with Gasteiger partial charge in [-0.1, -0.05) is 30.7 Å². The third-order valence-electron chi connectivity index (χ3n) is 3.24. The van der Waals surface area contributed by atoms with Crippen molar-refractivity contribution >= 4 is 17.5 Å². The number of rotatable bonds is 6. The van der Waals surface area contributed by atoms with Crippen molar-refractivity contribution in [1.29, 1.82) is 0 Å². The second-order valence-electron chi connectivity index (χ2n) is 4.98. The predicted octanol–water partition coefficient (Wildman–Crippen LogP) is 3.29. The molecule has 3 nitrogen and oxygen atoms in total. The molecule has 1 aromatic rings. The van der Waals surface area contributed by atoms with Gasteiger partial charge < -0.3 is 5.32 Å². The summed E-state index contributed by atoms with van der Waals surface area (Å²) in [4.78, 5) is 11.9. The zero-order valence-corrected chi connectivity index (χ0v) is 12.8. The van der Waals surface area contributed by atoms with Crippen molar-refractivity contribution in [3.8, 4) is 0 Å². The van der Waals surface area contributed by atoms with E-state index in [0.717, 1.165) is 12.0 Å². The van der Waals surface area contributed by atoms with Crippen molar-refractivity contribution in [2.75, 3.05) is 0 Å². The molecule has 1 amide bonds. The van der Waals surface area contributed by atoms with Crippen LogP contribution in [0.2, 0.25) is 5.02 Å². The van der Waals surface area contributed by atoms with Crippen LogP contribution in [0.5, 0.6) is 0 Å². The minimum Gasteiger partial charge on any atom is -0.352 e. The van der Waals surface area contributed by atoms with E-state index in [9.17, 15) is 4.79 Å². The summed E-state index contributed by atoms with van der Waals surface area (Å²) in [5.41, 5.74) is 1.08. The van der Waals surface area contributed by atoms with Crippen LogP contribution >= 0.6 is 11.6 Å². The SMILES string of the molecule is CCC(C)NC(=O)C(C)N[C@@H](C)c1cccc(Cl)c1. The first kappa shape index (κ1) is 16.0. The van der Waals surface area contributed by atoms with Crippen LogP contribution in [0.1, 0.15) is 45.7 Å². The molecule has 0 bridgehead atoms. The number of amides is 1. The Labute approximate surface area is 120 Å². The van der Waals surface area contributed by atoms with Crippen LogP contribution in [0.25, 0.3) is 0 Å². The molecule has 19 heavy (non-hydrogen) atoms. The highest BCUT2D eigenvalue weighted by Crippen LogP contribution is 2.17. The lowest BCUT2D eigenvalue weighted by Crippen LogP contribution is -2.45. The third kappa shape index (κ3) is 5.21. The number of hydrogen-bond donors (Lipinski definition) is 2. The smallest absolute Gasteiger partial charge is 0.237 e. The van der Waals surface area contributed by atoms with Gasteiger partial charge in [0.2, 0.25) is 5.91 Å². The molecule has 0 saturated carbocycles. The summed E-state index contributed by atoms with van der Waals surface area (Å²) < 4.78 is 0. The molecular formula is C15H23ClN2O. The number of benzene rings is 1. The van der Waals surface area contributed by atoms with Gasteiger partial charge in [0.25, 0.3) is 0 Å². The lowest BCUT2D eigenvalue weighted by molar-refractivity contribution is -0.123. The van der Waals surface area contributed by atoms with Gasteiger partial charge in [0.15, 0.2) is 0 Å². The van der Waals surface area contributed by atoms with Crippen LogP contribution in [-0.2, 0) is 4.79 Å². The average Bonchev–Trinajstić information content (AvgIpc) is 2.38. The Hall–Kier alpha value is -1.06. The van der Waals surface area contributed by atoms with E-state index >= 15 is 0 Å². The fourth-order valence-electron chi connectivity index (χ4n) is 1.79. The monoisotopic (exact) mass is 282 g/mol. The molecule has 0 heterocycles. The Bertz CT molecular complexity index is 422. The molecule has 0 saturated heterocycles. The van der Waals surface area contributed by atoms with Gasteiger partial charge in [0.1, 0.15) is 0 Å². The van der Waals surface area contributed by atoms with Crippen LogP contribution in [0.3, 0.4) is 0 Å². The first-order chi connectivity index (χ1) is 8.93. The molecule has 4 heteroatoms. The molecular weight excluding hydrogens is 260 g/mol. The summed E-state index contributed by atoms with van der Waals surface area (Å²) in [6.45, 7) is 7.96. The number of carbonyl (C=O) groups is 1. The van der Waals surface area contributed by atoms with Crippen molar-refractivity contribution in [3.63, 3.8) is 0 Å². The summed E-state index contributed by atoms with van der Waals surface area (Å²) in [6.07, 6.45) is 0.933. The molecule has 1 rings (SSSR count). The lowest BCUT2D eigenvalue weighted by Gasteiger charge is -2.21. The molecule has 0 spiro atoms. The van der Waals surface area contributed by atoms with Crippen molar-refractivity contribution in [3.05, 3.63) is 34.9 Å². The summed E-state index contributed by atoms with van der Waals surface area (Å²) in [7, 11) is 0. The van der Waals surface area contributed by atoms with Crippen molar-refractivity contribution in [2.24, 2.45) is 0 Å². The van der Waals surface area contributed by atoms with E-state index in [1.165, 1.54) is 0 Å². The van der Waals surface area contributed by atoms with Gasteiger partial charge in [-0.05, 0) is 44.9 Å². The maximum absolute atomic E-state index is 11.9. The molecule has 0 radical (unpaired) electrons. The quantitative estimate of drug-likeness (QED) is 0.841. The number of nitrogens with one attached hydrogen (secondary N) is 2. The van der Waals surface area contributed by atoms with Crippen LogP contribution < -0.4 is 10.6 Å². The largest absolute Gasteiger partial charge is 0.352 e. The molecule has 1 aromatic carbocycles. The summed E-state index contributed by atoms with van der Waals surface area (Å²) in [5.74, 6) is 0.0308. The van der Waals surface area contributed by atoms with Gasteiger partial charge in [-0.15, -0.1) is 0 Å². The lowest BCUT2D eigenvalue weighted by atomic mass is 10.1. The number of carbonyl (C=O) groups excluding carboxylic acids is 1. The first-order valence-electron chi connectivity index (χ1n) is 6.76. The van der Waals surface area contributed by atoms with Crippen LogP contribution in [0.4, 0.5) is 0 Å². The second-order valence-corrected chi connectivity index (χ2v) is 5.42. The second kappa shape index (κ2) is 7.51. The van der Waals surface area contributed by atoms with Crippen LogP contribution in [0.15, 0.2) is 24.3 Å². The number of hydrogen-bond acceptors (Lipinski definition) is 2. The van der Waals surface area contributed by atoms with E-state index in [0.29, 0.717) is 5.02 Å². The molecule has 0 aliphatic carbocycles. The van der Waals surface area contributed by atoms with E-state index in [-0.39, 0.29) is 24.0 Å². The maximum Gasteiger partial charge on any atom is 0.237 e. The highest BCUT2D eigenvalue weighted by molar-refractivity contribution is 6.30. The molecule has 3 atom stereocenters. The maximum atomic E-state index is 11.9. The van der Waals surface area contributed by atoms with Crippen molar-refractivity contribution < 1.29 is 4.79 Å². The normalized spacial score (nSPS) is 15.6. The van der Waals surface area contributed by atoms with Gasteiger partial charge in [0.05, 0.1) is 6.04 Å². The zero-order valence-electron chi connectivity index (χ0n) is 12.0. The van der Waals surface area contributed by atoms with E-state index in [1.54, 1.807) is 0 Å². The van der Waals surface area contributed by atoms with Gasteiger partial charge in [0, 0.05) is 17.1 Å². The highest BCUT2D eigenvalue weighted by atomic mass is 35.5. The van der Waals surface area contributed by atoms with Gasteiger partial charge in [-0.2, -0.15) is 0 Å². The van der Waals surface area contributed by atoms with Gasteiger partial charge in [-0.3, -0.25) is 10.1 Å². The fourth-order valence-corrected chi connectivity index (χ4v) is 1.99. The molecule has 0 fully saturated rings. The predicted molar refractivity (Wildman–Crippen MR) is 80.4 cm³/mol. The Kier molecular flexibility index (Phi) is 6.32.